The summed E-state index contributed by atoms with van der Waals surface area (Å²) in [6.07, 6.45) is 6.75. The quantitative estimate of drug-likeness (QED) is 0.628. The predicted octanol–water partition coefficient (Wildman–Crippen LogP) is 4.10. The van der Waals surface area contributed by atoms with E-state index in [2.05, 4.69) is 4.98 Å². The standard InChI is InChI=1S/C18H19NO2/c1-18(2,3)21-17(20)9-8-14-6-4-5-7-16(14)15-10-12-19-13-11-15/h4-13H,1-3H3/b9-8+. The highest BCUT2D eigenvalue weighted by Gasteiger charge is 2.14. The summed E-state index contributed by atoms with van der Waals surface area (Å²) >= 11 is 0. The van der Waals surface area contributed by atoms with Crippen molar-refractivity contribution in [1.29, 1.82) is 0 Å². The summed E-state index contributed by atoms with van der Waals surface area (Å²) < 4.78 is 5.27. The molecule has 0 aliphatic carbocycles. The summed E-state index contributed by atoms with van der Waals surface area (Å²) in [5.74, 6) is -0.341. The number of pyridine rings is 1. The summed E-state index contributed by atoms with van der Waals surface area (Å²) in [4.78, 5) is 15.8. The predicted molar refractivity (Wildman–Crippen MR) is 84.6 cm³/mol. The minimum atomic E-state index is -0.480. The van der Waals surface area contributed by atoms with E-state index in [1.807, 2.05) is 57.2 Å². The molecule has 1 aromatic carbocycles. The van der Waals surface area contributed by atoms with Crippen LogP contribution in [0.1, 0.15) is 26.3 Å². The Hall–Kier alpha value is -2.42. The van der Waals surface area contributed by atoms with Crippen LogP contribution in [0.5, 0.6) is 0 Å². The Morgan fingerprint density at radius 2 is 1.76 bits per heavy atom. The normalized spacial score (nSPS) is 11.6. The summed E-state index contributed by atoms with van der Waals surface area (Å²) in [5, 5.41) is 0. The van der Waals surface area contributed by atoms with Crippen LogP contribution in [-0.2, 0) is 9.53 Å². The number of rotatable bonds is 3. The van der Waals surface area contributed by atoms with Crippen molar-refractivity contribution in [1.82, 2.24) is 4.98 Å². The van der Waals surface area contributed by atoms with Gasteiger partial charge in [-0.1, -0.05) is 24.3 Å². The third-order valence-corrected chi connectivity index (χ3v) is 2.76. The van der Waals surface area contributed by atoms with Crippen molar-refractivity contribution in [2.45, 2.75) is 26.4 Å². The molecular formula is C18H19NO2. The Labute approximate surface area is 125 Å². The molecule has 0 aliphatic heterocycles. The molecule has 0 aliphatic rings. The molecule has 1 aromatic heterocycles. The van der Waals surface area contributed by atoms with Gasteiger partial charge in [0, 0.05) is 18.5 Å². The summed E-state index contributed by atoms with van der Waals surface area (Å²) in [6, 6.07) is 11.8. The van der Waals surface area contributed by atoms with Crippen molar-refractivity contribution >= 4 is 12.0 Å². The number of esters is 1. The lowest BCUT2D eigenvalue weighted by Gasteiger charge is -2.18. The maximum absolute atomic E-state index is 11.8. The number of hydrogen-bond acceptors (Lipinski definition) is 3. The SMILES string of the molecule is CC(C)(C)OC(=O)/C=C/c1ccccc1-c1ccncc1. The van der Waals surface area contributed by atoms with Gasteiger partial charge in [0.1, 0.15) is 5.60 Å². The first-order valence-corrected chi connectivity index (χ1v) is 6.86. The van der Waals surface area contributed by atoms with Gasteiger partial charge in [-0.3, -0.25) is 4.98 Å². The van der Waals surface area contributed by atoms with E-state index in [-0.39, 0.29) is 5.97 Å². The van der Waals surface area contributed by atoms with Gasteiger partial charge in [0.05, 0.1) is 0 Å². The largest absolute Gasteiger partial charge is 0.457 e. The van der Waals surface area contributed by atoms with Gasteiger partial charge in [0.2, 0.25) is 0 Å². The number of carbonyl (C=O) groups excluding carboxylic acids is 1. The lowest BCUT2D eigenvalue weighted by Crippen LogP contribution is -2.22. The van der Waals surface area contributed by atoms with Crippen molar-refractivity contribution in [3.05, 3.63) is 60.4 Å². The van der Waals surface area contributed by atoms with Crippen molar-refractivity contribution < 1.29 is 9.53 Å². The third-order valence-electron chi connectivity index (χ3n) is 2.76. The van der Waals surface area contributed by atoms with E-state index in [0.29, 0.717) is 0 Å². The van der Waals surface area contributed by atoms with E-state index in [1.165, 1.54) is 6.08 Å². The molecule has 3 heteroatoms. The van der Waals surface area contributed by atoms with Gasteiger partial charge >= 0.3 is 5.97 Å². The molecule has 0 unspecified atom stereocenters. The smallest absolute Gasteiger partial charge is 0.331 e. The molecule has 1 heterocycles. The zero-order valence-electron chi connectivity index (χ0n) is 12.5. The van der Waals surface area contributed by atoms with Crippen LogP contribution >= 0.6 is 0 Å². The molecule has 0 saturated heterocycles. The number of aromatic nitrogens is 1. The second-order valence-electron chi connectivity index (χ2n) is 5.69. The number of nitrogens with zero attached hydrogens (tertiary/aromatic N) is 1. The Kier molecular flexibility index (Phi) is 4.53. The maximum atomic E-state index is 11.8. The van der Waals surface area contributed by atoms with Crippen LogP contribution in [0.4, 0.5) is 0 Å². The molecule has 3 nitrogen and oxygen atoms in total. The lowest BCUT2D eigenvalue weighted by molar-refractivity contribution is -0.148. The number of carbonyl (C=O) groups is 1. The van der Waals surface area contributed by atoms with E-state index in [0.717, 1.165) is 16.7 Å². The molecule has 108 valence electrons. The molecular weight excluding hydrogens is 262 g/mol. The molecule has 0 amide bonds. The molecule has 0 radical (unpaired) electrons. The van der Waals surface area contributed by atoms with Crippen LogP contribution in [0.3, 0.4) is 0 Å². The van der Waals surface area contributed by atoms with Crippen LogP contribution in [0, 0.1) is 0 Å². The first kappa shape index (κ1) is 15.0. The second-order valence-corrected chi connectivity index (χ2v) is 5.69. The van der Waals surface area contributed by atoms with Crippen LogP contribution in [0.2, 0.25) is 0 Å². The number of benzene rings is 1. The second kappa shape index (κ2) is 6.35. The molecule has 0 bridgehead atoms. The third kappa shape index (κ3) is 4.56. The fourth-order valence-electron chi connectivity index (χ4n) is 1.93. The fourth-order valence-corrected chi connectivity index (χ4v) is 1.93. The Morgan fingerprint density at radius 1 is 1.10 bits per heavy atom. The maximum Gasteiger partial charge on any atom is 0.331 e. The molecule has 0 spiro atoms. The van der Waals surface area contributed by atoms with Gasteiger partial charge in [0.15, 0.2) is 0 Å². The highest BCUT2D eigenvalue weighted by Crippen LogP contribution is 2.24. The van der Waals surface area contributed by atoms with Gasteiger partial charge in [-0.25, -0.2) is 4.79 Å². The highest BCUT2D eigenvalue weighted by atomic mass is 16.6. The highest BCUT2D eigenvalue weighted by molar-refractivity contribution is 5.89. The van der Waals surface area contributed by atoms with E-state index < -0.39 is 5.60 Å². The zero-order valence-corrected chi connectivity index (χ0v) is 12.5. The summed E-state index contributed by atoms with van der Waals surface area (Å²) in [6.45, 7) is 5.55. The van der Waals surface area contributed by atoms with Crippen LogP contribution < -0.4 is 0 Å². The average Bonchev–Trinajstić information content (AvgIpc) is 2.45. The van der Waals surface area contributed by atoms with Crippen LogP contribution in [-0.4, -0.2) is 16.6 Å². The zero-order chi connectivity index (χ0) is 15.3. The van der Waals surface area contributed by atoms with Gasteiger partial charge in [-0.2, -0.15) is 0 Å². The van der Waals surface area contributed by atoms with Crippen molar-refractivity contribution in [3.63, 3.8) is 0 Å². The van der Waals surface area contributed by atoms with Gasteiger partial charge in [0.25, 0.3) is 0 Å². The van der Waals surface area contributed by atoms with Gasteiger partial charge < -0.3 is 4.74 Å². The van der Waals surface area contributed by atoms with E-state index in [9.17, 15) is 4.79 Å². The van der Waals surface area contributed by atoms with Gasteiger partial charge in [-0.05, 0) is 55.7 Å². The average molecular weight is 281 g/mol. The van der Waals surface area contributed by atoms with Crippen molar-refractivity contribution in [3.8, 4) is 11.1 Å². The number of ether oxygens (including phenoxy) is 1. The minimum absolute atomic E-state index is 0.341. The molecule has 0 fully saturated rings. The molecule has 21 heavy (non-hydrogen) atoms. The summed E-state index contributed by atoms with van der Waals surface area (Å²) in [7, 11) is 0. The van der Waals surface area contributed by atoms with E-state index in [1.54, 1.807) is 18.5 Å². The monoisotopic (exact) mass is 281 g/mol. The van der Waals surface area contributed by atoms with Gasteiger partial charge in [-0.15, -0.1) is 0 Å². The molecule has 0 N–H and O–H groups in total. The Bertz CT molecular complexity index is 640. The number of hydrogen-bond donors (Lipinski definition) is 0. The Balaban J connectivity index is 2.24. The first-order valence-electron chi connectivity index (χ1n) is 6.86. The fraction of sp³-hybridized carbons (Fsp3) is 0.222. The Morgan fingerprint density at radius 3 is 2.43 bits per heavy atom. The molecule has 2 rings (SSSR count). The van der Waals surface area contributed by atoms with Crippen LogP contribution in [0.15, 0.2) is 54.9 Å². The summed E-state index contributed by atoms with van der Waals surface area (Å²) in [5.41, 5.74) is 2.61. The molecule has 2 aromatic rings. The lowest BCUT2D eigenvalue weighted by atomic mass is 10.0. The van der Waals surface area contributed by atoms with Crippen LogP contribution in [0.25, 0.3) is 17.2 Å². The van der Waals surface area contributed by atoms with E-state index in [4.69, 9.17) is 4.74 Å². The topological polar surface area (TPSA) is 39.2 Å². The van der Waals surface area contributed by atoms with Crippen molar-refractivity contribution in [2.75, 3.05) is 0 Å². The molecule has 0 saturated carbocycles. The van der Waals surface area contributed by atoms with E-state index >= 15 is 0 Å². The first-order chi connectivity index (χ1) is 9.96. The molecule has 0 atom stereocenters. The minimum Gasteiger partial charge on any atom is -0.457 e. The van der Waals surface area contributed by atoms with Crippen molar-refractivity contribution in [2.24, 2.45) is 0 Å².